The third kappa shape index (κ3) is 3.76. The Bertz CT molecular complexity index is 1140. The molecule has 5 heterocycles. The highest BCUT2D eigenvalue weighted by Crippen LogP contribution is 2.40. The zero-order chi connectivity index (χ0) is 22.4. The van der Waals surface area contributed by atoms with Crippen molar-refractivity contribution in [2.75, 3.05) is 38.3 Å². The van der Waals surface area contributed by atoms with Gasteiger partial charge in [-0.3, -0.25) is 14.8 Å². The van der Waals surface area contributed by atoms with Crippen molar-refractivity contribution in [2.24, 2.45) is 7.05 Å². The zero-order valence-corrected chi connectivity index (χ0v) is 19.6. The zero-order valence-electron chi connectivity index (χ0n) is 19.6. The Hall–Kier alpha value is -2.68. The minimum absolute atomic E-state index is 0.444. The van der Waals surface area contributed by atoms with E-state index in [0.29, 0.717) is 6.04 Å². The van der Waals surface area contributed by atoms with Gasteiger partial charge in [0.2, 0.25) is 0 Å². The molecule has 1 fully saturated rings. The van der Waals surface area contributed by atoms with E-state index in [4.69, 9.17) is 9.84 Å². The Morgan fingerprint density at radius 2 is 1.97 bits per heavy atom. The Morgan fingerprint density at radius 3 is 2.76 bits per heavy atom. The summed E-state index contributed by atoms with van der Waals surface area (Å²) in [5.41, 5.74) is 11.3. The van der Waals surface area contributed by atoms with Crippen LogP contribution in [0.15, 0.2) is 30.6 Å². The van der Waals surface area contributed by atoms with Gasteiger partial charge in [0.15, 0.2) is 5.82 Å². The summed E-state index contributed by atoms with van der Waals surface area (Å²) in [6.45, 7) is 4.59. The summed E-state index contributed by atoms with van der Waals surface area (Å²) in [5, 5.41) is 12.0. The first-order valence-corrected chi connectivity index (χ1v) is 12.2. The first-order chi connectivity index (χ1) is 16.2. The molecule has 1 saturated heterocycles. The number of anilines is 2. The number of hydrazine groups is 1. The van der Waals surface area contributed by atoms with Crippen LogP contribution < -0.4 is 10.3 Å². The van der Waals surface area contributed by atoms with E-state index in [1.807, 2.05) is 25.0 Å². The number of rotatable bonds is 4. The summed E-state index contributed by atoms with van der Waals surface area (Å²) in [5.74, 6) is 1.14. The molecule has 0 spiro atoms. The fourth-order valence-electron chi connectivity index (χ4n) is 5.63. The van der Waals surface area contributed by atoms with Crippen molar-refractivity contribution in [3.8, 4) is 11.1 Å². The normalized spacial score (nSPS) is 19.5. The molecule has 33 heavy (non-hydrogen) atoms. The molecule has 1 N–H and O–H groups in total. The van der Waals surface area contributed by atoms with E-state index >= 15 is 0 Å². The Balaban J connectivity index is 1.40. The minimum Gasteiger partial charge on any atom is -0.381 e. The van der Waals surface area contributed by atoms with Gasteiger partial charge in [0.1, 0.15) is 0 Å². The standard InChI is InChI=1S/C25H33N7O/c1-26-30-11-7-24-22(17-30)25(28-32(24)21-8-12-33-13-9-21)31-10-3-4-19-14-18(5-6-23(19)31)20-15-27-29(2)16-20/h5-6,14-16,21,26H,3-4,7-13,17H2,1-2H3. The topological polar surface area (TPSA) is 63.4 Å². The second-order valence-corrected chi connectivity index (χ2v) is 9.43. The van der Waals surface area contributed by atoms with Crippen molar-refractivity contribution in [1.82, 2.24) is 30.0 Å². The van der Waals surface area contributed by atoms with Gasteiger partial charge in [-0.15, -0.1) is 0 Å². The predicted octanol–water partition coefficient (Wildman–Crippen LogP) is 3.21. The average Bonchev–Trinajstić information content (AvgIpc) is 3.47. The van der Waals surface area contributed by atoms with Crippen molar-refractivity contribution in [3.05, 3.63) is 47.4 Å². The number of hydrogen-bond donors (Lipinski definition) is 1. The fraction of sp³-hybridized carbons (Fsp3) is 0.520. The smallest absolute Gasteiger partial charge is 0.159 e. The molecule has 0 amide bonds. The van der Waals surface area contributed by atoms with Gasteiger partial charge in [-0.2, -0.15) is 10.2 Å². The lowest BCUT2D eigenvalue weighted by Gasteiger charge is -2.32. The van der Waals surface area contributed by atoms with Gasteiger partial charge in [-0.1, -0.05) is 6.07 Å². The number of benzene rings is 1. The van der Waals surface area contributed by atoms with E-state index in [0.717, 1.165) is 70.8 Å². The molecule has 0 unspecified atom stereocenters. The predicted molar refractivity (Wildman–Crippen MR) is 128 cm³/mol. The van der Waals surface area contributed by atoms with E-state index in [1.54, 1.807) is 0 Å². The number of nitrogens with zero attached hydrogens (tertiary/aromatic N) is 6. The first-order valence-electron chi connectivity index (χ1n) is 12.2. The highest BCUT2D eigenvalue weighted by molar-refractivity contribution is 5.73. The van der Waals surface area contributed by atoms with Crippen molar-refractivity contribution >= 4 is 11.5 Å². The maximum atomic E-state index is 5.64. The van der Waals surface area contributed by atoms with Crippen LogP contribution in [0.25, 0.3) is 11.1 Å². The Kier molecular flexibility index (Phi) is 5.44. The molecule has 8 nitrogen and oxygen atoms in total. The van der Waals surface area contributed by atoms with Crippen LogP contribution in [-0.4, -0.2) is 57.9 Å². The van der Waals surface area contributed by atoms with Crippen LogP contribution in [0.3, 0.4) is 0 Å². The quantitative estimate of drug-likeness (QED) is 0.663. The van der Waals surface area contributed by atoms with Gasteiger partial charge in [0.05, 0.1) is 12.2 Å². The lowest BCUT2D eigenvalue weighted by Crippen LogP contribution is -2.40. The van der Waals surface area contributed by atoms with E-state index in [-0.39, 0.29) is 0 Å². The van der Waals surface area contributed by atoms with Crippen molar-refractivity contribution in [1.29, 1.82) is 0 Å². The second kappa shape index (κ2) is 8.59. The highest BCUT2D eigenvalue weighted by atomic mass is 16.5. The summed E-state index contributed by atoms with van der Waals surface area (Å²) in [7, 11) is 3.99. The van der Waals surface area contributed by atoms with Crippen LogP contribution in [-0.2, 0) is 31.2 Å². The molecular formula is C25H33N7O. The maximum absolute atomic E-state index is 5.64. The van der Waals surface area contributed by atoms with E-state index in [1.165, 1.54) is 33.6 Å². The number of aromatic nitrogens is 4. The van der Waals surface area contributed by atoms with E-state index < -0.39 is 0 Å². The third-order valence-corrected chi connectivity index (χ3v) is 7.41. The van der Waals surface area contributed by atoms with Crippen molar-refractivity contribution in [3.63, 3.8) is 0 Å². The molecule has 8 heteroatoms. The van der Waals surface area contributed by atoms with Gasteiger partial charge in [0.25, 0.3) is 0 Å². The summed E-state index contributed by atoms with van der Waals surface area (Å²) >= 11 is 0. The van der Waals surface area contributed by atoms with Crippen LogP contribution in [0.5, 0.6) is 0 Å². The van der Waals surface area contributed by atoms with Gasteiger partial charge in [-0.25, -0.2) is 5.01 Å². The minimum atomic E-state index is 0.444. The summed E-state index contributed by atoms with van der Waals surface area (Å²) < 4.78 is 9.87. The molecule has 2 aromatic heterocycles. The van der Waals surface area contributed by atoms with Gasteiger partial charge < -0.3 is 9.64 Å². The number of fused-ring (bicyclic) bond motifs is 2. The van der Waals surface area contributed by atoms with E-state index in [2.05, 4.69) is 49.5 Å². The molecule has 6 rings (SSSR count). The van der Waals surface area contributed by atoms with Gasteiger partial charge in [0, 0.05) is 75.0 Å². The average molecular weight is 448 g/mol. The Morgan fingerprint density at radius 1 is 1.09 bits per heavy atom. The number of nitrogens with one attached hydrogen (secondary N) is 1. The third-order valence-electron chi connectivity index (χ3n) is 7.41. The molecule has 174 valence electrons. The lowest BCUT2D eigenvalue weighted by atomic mass is 9.96. The summed E-state index contributed by atoms with van der Waals surface area (Å²) in [6.07, 6.45) is 9.40. The van der Waals surface area contributed by atoms with Crippen LogP contribution in [0.2, 0.25) is 0 Å². The summed E-state index contributed by atoms with van der Waals surface area (Å²) in [6, 6.07) is 7.31. The molecule has 3 aromatic rings. The second-order valence-electron chi connectivity index (χ2n) is 9.43. The SMILES string of the molecule is CNN1CCc2c(c(N3CCCc4cc(-c5cnn(C)c5)ccc43)nn2C2CCOCC2)C1. The maximum Gasteiger partial charge on any atom is 0.159 e. The molecule has 1 aromatic carbocycles. The van der Waals surface area contributed by atoms with Crippen molar-refractivity contribution in [2.45, 2.75) is 44.7 Å². The summed E-state index contributed by atoms with van der Waals surface area (Å²) in [4.78, 5) is 2.47. The molecule has 0 aliphatic carbocycles. The molecule has 3 aliphatic rings. The van der Waals surface area contributed by atoms with Crippen LogP contribution in [0.4, 0.5) is 11.5 Å². The van der Waals surface area contributed by atoms with E-state index in [9.17, 15) is 0 Å². The molecule has 0 radical (unpaired) electrons. The molecular weight excluding hydrogens is 414 g/mol. The molecule has 0 bridgehead atoms. The van der Waals surface area contributed by atoms with Gasteiger partial charge in [-0.05, 0) is 56.0 Å². The van der Waals surface area contributed by atoms with Crippen LogP contribution >= 0.6 is 0 Å². The Labute approximate surface area is 195 Å². The number of aryl methyl sites for hydroxylation is 2. The largest absolute Gasteiger partial charge is 0.381 e. The molecule has 3 aliphatic heterocycles. The first kappa shape index (κ1) is 20.9. The fourth-order valence-corrected chi connectivity index (χ4v) is 5.63. The lowest BCUT2D eigenvalue weighted by molar-refractivity contribution is 0.0648. The molecule has 0 saturated carbocycles. The number of hydrogen-bond acceptors (Lipinski definition) is 6. The van der Waals surface area contributed by atoms with Gasteiger partial charge >= 0.3 is 0 Å². The van der Waals surface area contributed by atoms with Crippen molar-refractivity contribution < 1.29 is 4.74 Å². The van der Waals surface area contributed by atoms with Crippen LogP contribution in [0.1, 0.15) is 42.1 Å². The monoisotopic (exact) mass is 447 g/mol. The van der Waals surface area contributed by atoms with Crippen LogP contribution in [0, 0.1) is 0 Å². The number of ether oxygens (including phenoxy) is 1. The highest BCUT2D eigenvalue weighted by Gasteiger charge is 2.32. The molecule has 0 atom stereocenters.